The van der Waals surface area contributed by atoms with Crippen molar-refractivity contribution in [2.24, 2.45) is 0 Å². The Kier molecular flexibility index (Phi) is 3.62. The summed E-state index contributed by atoms with van der Waals surface area (Å²) in [7, 11) is 0. The van der Waals surface area contributed by atoms with Gasteiger partial charge in [-0.05, 0) is 51.8 Å². The maximum atomic E-state index is 12.3. The molecule has 21 heavy (non-hydrogen) atoms. The topological polar surface area (TPSA) is 41.0 Å². The lowest BCUT2D eigenvalue weighted by Crippen LogP contribution is -2.47. The van der Waals surface area contributed by atoms with Crippen molar-refractivity contribution in [3.8, 4) is 0 Å². The minimum Gasteiger partial charge on any atom is -0.305 e. The fraction of sp³-hybridized carbons (Fsp3) is 0.562. The van der Waals surface area contributed by atoms with Crippen molar-refractivity contribution in [3.63, 3.8) is 0 Å². The minimum absolute atomic E-state index is 0.0264. The smallest absolute Gasteiger partial charge is 0.305 e. The molecular formula is C16H22ClN3O. The van der Waals surface area contributed by atoms with Crippen LogP contribution in [0.1, 0.15) is 39.7 Å². The molecule has 1 fully saturated rings. The summed E-state index contributed by atoms with van der Waals surface area (Å²) in [5, 5.41) is 0.651. The summed E-state index contributed by atoms with van der Waals surface area (Å²) in [5.41, 5.74) is 1.95. The highest BCUT2D eigenvalue weighted by Gasteiger charge is 2.29. The molecule has 3 rings (SSSR count). The highest BCUT2D eigenvalue weighted by Crippen LogP contribution is 2.28. The van der Waals surface area contributed by atoms with E-state index in [0.717, 1.165) is 37.0 Å². The zero-order chi connectivity index (χ0) is 15.2. The average Bonchev–Trinajstić information content (AvgIpc) is 2.73. The Morgan fingerprint density at radius 2 is 1.90 bits per heavy atom. The molecule has 0 saturated carbocycles. The van der Waals surface area contributed by atoms with Gasteiger partial charge in [0.05, 0.1) is 11.0 Å². The fourth-order valence-electron chi connectivity index (χ4n) is 3.26. The molecule has 0 radical (unpaired) electrons. The van der Waals surface area contributed by atoms with Gasteiger partial charge in [0.15, 0.2) is 0 Å². The Morgan fingerprint density at radius 3 is 2.52 bits per heavy atom. The van der Waals surface area contributed by atoms with Crippen LogP contribution in [-0.2, 0) is 0 Å². The van der Waals surface area contributed by atoms with Gasteiger partial charge >= 0.3 is 5.69 Å². The minimum atomic E-state index is -0.0264. The third kappa shape index (κ3) is 2.74. The highest BCUT2D eigenvalue weighted by molar-refractivity contribution is 6.31. The third-order valence-electron chi connectivity index (χ3n) is 4.46. The van der Waals surface area contributed by atoms with Gasteiger partial charge in [-0.1, -0.05) is 11.6 Å². The Balaban J connectivity index is 1.89. The predicted molar refractivity (Wildman–Crippen MR) is 87.2 cm³/mol. The second-order valence-electron chi connectivity index (χ2n) is 6.85. The maximum absolute atomic E-state index is 12.3. The van der Waals surface area contributed by atoms with Crippen LogP contribution in [0.5, 0.6) is 0 Å². The number of nitrogens with one attached hydrogen (secondary N) is 1. The maximum Gasteiger partial charge on any atom is 0.326 e. The second kappa shape index (κ2) is 5.18. The number of aromatic amines is 1. The summed E-state index contributed by atoms with van der Waals surface area (Å²) < 4.78 is 1.91. The summed E-state index contributed by atoms with van der Waals surface area (Å²) in [4.78, 5) is 17.7. The van der Waals surface area contributed by atoms with Gasteiger partial charge in [-0.15, -0.1) is 0 Å². The molecule has 2 aromatic rings. The first-order valence-electron chi connectivity index (χ1n) is 7.51. The van der Waals surface area contributed by atoms with Gasteiger partial charge in [0.1, 0.15) is 0 Å². The largest absolute Gasteiger partial charge is 0.326 e. The molecule has 1 aliphatic heterocycles. The molecule has 0 amide bonds. The number of hydrogen-bond donors (Lipinski definition) is 1. The van der Waals surface area contributed by atoms with Gasteiger partial charge in [0.2, 0.25) is 0 Å². The van der Waals surface area contributed by atoms with Crippen LogP contribution in [0.25, 0.3) is 11.0 Å². The van der Waals surface area contributed by atoms with Crippen LogP contribution in [0.3, 0.4) is 0 Å². The van der Waals surface area contributed by atoms with Crippen LogP contribution in [-0.4, -0.2) is 33.1 Å². The Hall–Kier alpha value is -1.26. The summed E-state index contributed by atoms with van der Waals surface area (Å²) in [6.07, 6.45) is 2.01. The van der Waals surface area contributed by atoms with E-state index in [-0.39, 0.29) is 17.3 Å². The molecule has 4 nitrogen and oxygen atoms in total. The van der Waals surface area contributed by atoms with Crippen molar-refractivity contribution in [2.45, 2.75) is 45.2 Å². The summed E-state index contributed by atoms with van der Waals surface area (Å²) in [6.45, 7) is 8.79. The molecule has 2 heterocycles. The number of fused-ring (bicyclic) bond motifs is 1. The fourth-order valence-corrected chi connectivity index (χ4v) is 3.43. The Labute approximate surface area is 129 Å². The molecule has 1 aromatic carbocycles. The molecule has 1 saturated heterocycles. The van der Waals surface area contributed by atoms with Crippen LogP contribution in [0.2, 0.25) is 5.02 Å². The molecule has 0 bridgehead atoms. The average molecular weight is 308 g/mol. The molecule has 114 valence electrons. The first kappa shape index (κ1) is 14.7. The molecule has 0 atom stereocenters. The molecule has 0 spiro atoms. The third-order valence-corrected chi connectivity index (χ3v) is 4.69. The van der Waals surface area contributed by atoms with Crippen LogP contribution in [0, 0.1) is 0 Å². The lowest BCUT2D eigenvalue weighted by atomic mass is 9.98. The normalized spacial score (nSPS) is 18.5. The number of H-pyrrole nitrogens is 1. The number of likely N-dealkylation sites (tertiary alicyclic amines) is 1. The molecule has 5 heteroatoms. The van der Waals surface area contributed by atoms with Gasteiger partial charge in [-0.25, -0.2) is 4.79 Å². The van der Waals surface area contributed by atoms with E-state index in [2.05, 4.69) is 30.7 Å². The number of imidazole rings is 1. The summed E-state index contributed by atoms with van der Waals surface area (Å²) in [5.74, 6) is 0. The monoisotopic (exact) mass is 307 g/mol. The Morgan fingerprint density at radius 1 is 1.24 bits per heavy atom. The molecule has 1 N–H and O–H groups in total. The van der Waals surface area contributed by atoms with Gasteiger partial charge in [-0.2, -0.15) is 0 Å². The SMILES string of the molecule is CC(C)(C)N1CCC(n2c(=O)[nH]c3cc(Cl)ccc32)CC1. The van der Waals surface area contributed by atoms with Crippen molar-refractivity contribution >= 4 is 22.6 Å². The van der Waals surface area contributed by atoms with E-state index < -0.39 is 0 Å². The van der Waals surface area contributed by atoms with E-state index in [1.807, 2.05) is 22.8 Å². The molecule has 0 unspecified atom stereocenters. The van der Waals surface area contributed by atoms with Crippen molar-refractivity contribution in [3.05, 3.63) is 33.7 Å². The van der Waals surface area contributed by atoms with E-state index in [9.17, 15) is 4.79 Å². The highest BCUT2D eigenvalue weighted by atomic mass is 35.5. The quantitative estimate of drug-likeness (QED) is 0.877. The number of aromatic nitrogens is 2. The zero-order valence-corrected chi connectivity index (χ0v) is 13.6. The van der Waals surface area contributed by atoms with E-state index >= 15 is 0 Å². The number of benzene rings is 1. The van der Waals surface area contributed by atoms with Crippen LogP contribution in [0.15, 0.2) is 23.0 Å². The first-order chi connectivity index (χ1) is 9.86. The summed E-state index contributed by atoms with van der Waals surface area (Å²) >= 11 is 6.00. The number of piperidine rings is 1. The second-order valence-corrected chi connectivity index (χ2v) is 7.29. The number of halogens is 1. The van der Waals surface area contributed by atoms with E-state index in [1.165, 1.54) is 0 Å². The van der Waals surface area contributed by atoms with E-state index in [4.69, 9.17) is 11.6 Å². The lowest BCUT2D eigenvalue weighted by Gasteiger charge is -2.41. The molecule has 1 aromatic heterocycles. The van der Waals surface area contributed by atoms with Crippen molar-refractivity contribution in [1.82, 2.24) is 14.5 Å². The first-order valence-corrected chi connectivity index (χ1v) is 7.89. The van der Waals surface area contributed by atoms with Gasteiger partial charge in [-0.3, -0.25) is 9.47 Å². The lowest BCUT2D eigenvalue weighted by molar-refractivity contribution is 0.0900. The van der Waals surface area contributed by atoms with Crippen LogP contribution >= 0.6 is 11.6 Å². The predicted octanol–water partition coefficient (Wildman–Crippen LogP) is 3.42. The molecule has 1 aliphatic rings. The van der Waals surface area contributed by atoms with E-state index in [0.29, 0.717) is 5.02 Å². The van der Waals surface area contributed by atoms with Gasteiger partial charge < -0.3 is 4.98 Å². The van der Waals surface area contributed by atoms with Crippen molar-refractivity contribution in [2.75, 3.05) is 13.1 Å². The molecular weight excluding hydrogens is 286 g/mol. The van der Waals surface area contributed by atoms with Crippen molar-refractivity contribution < 1.29 is 0 Å². The Bertz CT molecular complexity index is 702. The molecule has 0 aliphatic carbocycles. The van der Waals surface area contributed by atoms with Crippen LogP contribution < -0.4 is 5.69 Å². The van der Waals surface area contributed by atoms with Gasteiger partial charge in [0.25, 0.3) is 0 Å². The number of rotatable bonds is 1. The standard InChI is InChI=1S/C16H22ClN3O/c1-16(2,3)19-8-6-12(7-9-19)20-14-5-4-11(17)10-13(14)18-15(20)21/h4-5,10,12H,6-9H2,1-3H3,(H,18,21). The van der Waals surface area contributed by atoms with Crippen molar-refractivity contribution in [1.29, 1.82) is 0 Å². The number of hydrogen-bond acceptors (Lipinski definition) is 2. The van der Waals surface area contributed by atoms with Gasteiger partial charge in [0, 0.05) is 29.7 Å². The zero-order valence-electron chi connectivity index (χ0n) is 12.8. The van der Waals surface area contributed by atoms with Crippen LogP contribution in [0.4, 0.5) is 0 Å². The van der Waals surface area contributed by atoms with E-state index in [1.54, 1.807) is 0 Å². The summed E-state index contributed by atoms with van der Waals surface area (Å²) in [6, 6.07) is 5.87. The number of nitrogens with zero attached hydrogens (tertiary/aromatic N) is 2.